The SMILES string of the molecule is CC.CC.CN(C)C(=O)Cc1nc2cnc3[nH]ccc3c2n1C1CCN(Cc2ccccc2)CC1.CN(C)C(=O)Cc1nc2cnc3c(ccn3S(=O)(=O)c3ccccc3)c2n1C1CCN(Cc2ccccc2)CC1. The Balaban J connectivity index is 0.000000192. The normalized spacial score (nSPS) is 14.7. The van der Waals surface area contributed by atoms with E-state index in [1.807, 2.05) is 46.2 Å². The third kappa shape index (κ3) is 11.9. The Morgan fingerprint density at radius 3 is 1.49 bits per heavy atom. The molecule has 2 aliphatic rings. The molecule has 0 unspecified atom stereocenters. The first-order valence-electron chi connectivity index (χ1n) is 26.4. The van der Waals surface area contributed by atoms with Crippen molar-refractivity contribution in [1.29, 1.82) is 0 Å². The lowest BCUT2D eigenvalue weighted by molar-refractivity contribution is -0.128. The van der Waals surface area contributed by atoms with E-state index in [0.717, 1.165) is 98.4 Å². The number of likely N-dealkylation sites (tertiary alicyclic amines) is 2. The Morgan fingerprint density at radius 2 is 1.03 bits per heavy atom. The van der Waals surface area contributed by atoms with Crippen molar-refractivity contribution in [3.05, 3.63) is 151 Å². The molecule has 0 bridgehead atoms. The van der Waals surface area contributed by atoms with Gasteiger partial charge in [-0.3, -0.25) is 19.4 Å². The number of nitrogens with zero attached hydrogens (tertiary/aromatic N) is 11. The van der Waals surface area contributed by atoms with Gasteiger partial charge in [-0.25, -0.2) is 32.3 Å². The number of nitrogens with one attached hydrogen (secondary N) is 1. The van der Waals surface area contributed by atoms with Crippen LogP contribution < -0.4 is 0 Å². The largest absolute Gasteiger partial charge is 0.348 e. The summed E-state index contributed by atoms with van der Waals surface area (Å²) in [5.41, 5.74) is 7.30. The molecule has 16 nitrogen and oxygen atoms in total. The van der Waals surface area contributed by atoms with Crippen molar-refractivity contribution in [2.75, 3.05) is 54.4 Å². The average Bonchev–Trinajstić information content (AvgIpc) is 4.26. The molecule has 8 heterocycles. The van der Waals surface area contributed by atoms with Crippen LogP contribution >= 0.6 is 0 Å². The van der Waals surface area contributed by atoms with Crippen LogP contribution in [0.15, 0.2) is 133 Å². The number of carbonyl (C=O) groups excluding carboxylic acids is 2. The minimum Gasteiger partial charge on any atom is -0.348 e. The molecule has 2 fully saturated rings. The Kier molecular flexibility index (Phi) is 17.6. The molecule has 0 atom stereocenters. The minimum absolute atomic E-state index is 0.0356. The highest BCUT2D eigenvalue weighted by molar-refractivity contribution is 7.90. The number of piperidine rings is 2. The van der Waals surface area contributed by atoms with E-state index < -0.39 is 10.0 Å². The van der Waals surface area contributed by atoms with Crippen LogP contribution in [0.2, 0.25) is 0 Å². The number of rotatable bonds is 12. The van der Waals surface area contributed by atoms with Gasteiger partial charge in [0.25, 0.3) is 10.0 Å². The molecule has 2 amide bonds. The molecule has 11 rings (SSSR count). The van der Waals surface area contributed by atoms with Gasteiger partial charge in [-0.1, -0.05) is 107 Å². The van der Waals surface area contributed by atoms with Crippen molar-refractivity contribution in [3.8, 4) is 0 Å². The van der Waals surface area contributed by atoms with E-state index in [4.69, 9.17) is 9.97 Å². The first-order valence-corrected chi connectivity index (χ1v) is 27.8. The first kappa shape index (κ1) is 54.1. The van der Waals surface area contributed by atoms with E-state index in [2.05, 4.69) is 94.5 Å². The van der Waals surface area contributed by atoms with Gasteiger partial charge in [-0.05, 0) is 61.1 Å². The first-order chi connectivity index (χ1) is 36.4. The smallest absolute Gasteiger partial charge is 0.269 e. The second kappa shape index (κ2) is 24.4. The summed E-state index contributed by atoms with van der Waals surface area (Å²) in [6.45, 7) is 13.8. The van der Waals surface area contributed by atoms with Crippen molar-refractivity contribution in [1.82, 2.24) is 57.6 Å². The van der Waals surface area contributed by atoms with Gasteiger partial charge in [0.1, 0.15) is 28.3 Å². The molecule has 0 saturated carbocycles. The van der Waals surface area contributed by atoms with Gasteiger partial charge in [-0.15, -0.1) is 0 Å². The molecular formula is C58H72N12O4S. The van der Waals surface area contributed by atoms with E-state index in [1.165, 1.54) is 15.1 Å². The summed E-state index contributed by atoms with van der Waals surface area (Å²) < 4.78 is 32.7. The van der Waals surface area contributed by atoms with Crippen LogP contribution in [0.3, 0.4) is 0 Å². The topological polar surface area (TPSA) is 163 Å². The number of fused-ring (bicyclic) bond motifs is 6. The van der Waals surface area contributed by atoms with Crippen LogP contribution in [0, 0.1) is 0 Å². The summed E-state index contributed by atoms with van der Waals surface area (Å²) >= 11 is 0. The van der Waals surface area contributed by atoms with Gasteiger partial charge in [0.05, 0.1) is 41.2 Å². The molecule has 3 aromatic carbocycles. The molecular weight excluding hydrogens is 961 g/mol. The molecule has 0 radical (unpaired) electrons. The van der Waals surface area contributed by atoms with Crippen molar-refractivity contribution < 1.29 is 18.0 Å². The Bertz CT molecular complexity index is 3420. The van der Waals surface area contributed by atoms with Gasteiger partial charge in [0.2, 0.25) is 11.8 Å². The van der Waals surface area contributed by atoms with Gasteiger partial charge >= 0.3 is 0 Å². The van der Waals surface area contributed by atoms with E-state index >= 15 is 0 Å². The number of aromatic nitrogens is 8. The van der Waals surface area contributed by atoms with Gasteiger partial charge < -0.3 is 23.9 Å². The predicted octanol–water partition coefficient (Wildman–Crippen LogP) is 9.52. The maximum atomic E-state index is 13.5. The number of pyridine rings is 2. The predicted molar refractivity (Wildman–Crippen MR) is 299 cm³/mol. The van der Waals surface area contributed by atoms with Crippen LogP contribution in [-0.2, 0) is 45.5 Å². The quantitative estimate of drug-likeness (QED) is 0.125. The van der Waals surface area contributed by atoms with Gasteiger partial charge in [0.15, 0.2) is 5.65 Å². The average molecular weight is 1030 g/mol. The van der Waals surface area contributed by atoms with Gasteiger partial charge in [0, 0.05) is 103 Å². The minimum atomic E-state index is -3.83. The van der Waals surface area contributed by atoms with E-state index in [9.17, 15) is 18.0 Å². The third-order valence-electron chi connectivity index (χ3n) is 14.0. The monoisotopic (exact) mass is 1030 g/mol. The zero-order valence-electron chi connectivity index (χ0n) is 44.7. The van der Waals surface area contributed by atoms with Crippen molar-refractivity contribution in [2.45, 2.75) is 96.3 Å². The molecule has 394 valence electrons. The number of H-pyrrole nitrogens is 1. The molecule has 75 heavy (non-hydrogen) atoms. The zero-order chi connectivity index (χ0) is 53.2. The maximum Gasteiger partial charge on any atom is 0.269 e. The maximum absolute atomic E-state index is 13.5. The highest BCUT2D eigenvalue weighted by atomic mass is 32.2. The number of imidazole rings is 2. The zero-order valence-corrected chi connectivity index (χ0v) is 45.5. The van der Waals surface area contributed by atoms with Crippen molar-refractivity contribution in [2.24, 2.45) is 0 Å². The van der Waals surface area contributed by atoms with Crippen LogP contribution in [0.5, 0.6) is 0 Å². The van der Waals surface area contributed by atoms with E-state index in [1.54, 1.807) is 86.8 Å². The number of benzene rings is 3. The number of amides is 2. The standard InChI is InChI=1S/C30H32N6O3S.C24H28N6O.2C2H6/c1-33(2)28(37)19-27-32-26-20-31-30-25(15-18-35(30)40(38,39)24-11-7-4-8-12-24)29(26)36(27)23-13-16-34(17-14-23)21-22-9-5-3-6-10-22;1-28(2)22(31)14-21-27-20-15-26-24-19(8-11-25-24)23(20)30(21)18-9-12-29(13-10-18)16-17-6-4-3-5-7-17;2*1-2/h3-12,15,18,20,23H,13-14,16-17,19,21H2,1-2H3;3-8,11,15,18H,9-10,12-14,16H2,1-2H3,(H,25,26);2*1-2H3. The van der Waals surface area contributed by atoms with Crippen molar-refractivity contribution in [3.63, 3.8) is 0 Å². The number of aromatic amines is 1. The molecule has 2 aliphatic heterocycles. The second-order valence-electron chi connectivity index (χ2n) is 19.1. The fourth-order valence-corrected chi connectivity index (χ4v) is 11.5. The Morgan fingerprint density at radius 1 is 0.587 bits per heavy atom. The lowest BCUT2D eigenvalue weighted by Gasteiger charge is -2.33. The van der Waals surface area contributed by atoms with Crippen LogP contribution in [0.1, 0.15) is 88.2 Å². The fraction of sp³-hybridized carbons (Fsp3) is 0.379. The highest BCUT2D eigenvalue weighted by Crippen LogP contribution is 2.36. The molecule has 2 saturated heterocycles. The molecule has 17 heteroatoms. The third-order valence-corrected chi connectivity index (χ3v) is 15.6. The van der Waals surface area contributed by atoms with Crippen LogP contribution in [-0.4, -0.2) is 132 Å². The number of carbonyl (C=O) groups is 2. The number of likely N-dealkylation sites (N-methyl/N-ethyl adjacent to an activating group) is 2. The Hall–Kier alpha value is -7.21. The summed E-state index contributed by atoms with van der Waals surface area (Å²) in [6, 6.07) is 33.8. The molecule has 0 spiro atoms. The lowest BCUT2D eigenvalue weighted by Crippen LogP contribution is -2.35. The van der Waals surface area contributed by atoms with Gasteiger partial charge in [-0.2, -0.15) is 0 Å². The molecule has 6 aromatic heterocycles. The lowest BCUT2D eigenvalue weighted by atomic mass is 10.0. The van der Waals surface area contributed by atoms with E-state index in [-0.39, 0.29) is 29.2 Å². The number of hydrogen-bond acceptors (Lipinski definition) is 10. The summed E-state index contributed by atoms with van der Waals surface area (Å²) in [5, 5.41) is 1.78. The Labute approximate surface area is 441 Å². The summed E-state index contributed by atoms with van der Waals surface area (Å²) in [4.78, 5) is 55.7. The number of hydrogen-bond donors (Lipinski definition) is 1. The fourth-order valence-electron chi connectivity index (χ4n) is 10.2. The molecule has 0 aliphatic carbocycles. The molecule has 9 aromatic rings. The second-order valence-corrected chi connectivity index (χ2v) is 20.9. The van der Waals surface area contributed by atoms with E-state index in [0.29, 0.717) is 34.8 Å². The summed E-state index contributed by atoms with van der Waals surface area (Å²) in [7, 11) is 3.24. The summed E-state index contributed by atoms with van der Waals surface area (Å²) in [5.74, 6) is 1.55. The van der Waals surface area contributed by atoms with Crippen molar-refractivity contribution >= 4 is 66.0 Å². The summed E-state index contributed by atoms with van der Waals surface area (Å²) in [6.07, 6.45) is 11.3. The van der Waals surface area contributed by atoms with Crippen LogP contribution in [0.25, 0.3) is 44.1 Å². The van der Waals surface area contributed by atoms with Crippen LogP contribution in [0.4, 0.5) is 0 Å². The highest BCUT2D eigenvalue weighted by Gasteiger charge is 2.30. The molecule has 1 N–H and O–H groups in total.